The molecule has 2 aliphatic rings. The number of aliphatic imine (C=N–C) groups is 1. The average molecular weight is 394 g/mol. The van der Waals surface area contributed by atoms with E-state index in [4.69, 9.17) is 14.6 Å². The minimum atomic E-state index is -0.472. The molecule has 0 aliphatic carbocycles. The number of piperazine rings is 1. The summed E-state index contributed by atoms with van der Waals surface area (Å²) in [5.74, 6) is 1.93. The molecule has 0 spiro atoms. The molecule has 4 rings (SSSR count). The van der Waals surface area contributed by atoms with Crippen LogP contribution in [0.5, 0.6) is 11.5 Å². The van der Waals surface area contributed by atoms with E-state index < -0.39 is 5.60 Å². The minimum Gasteiger partial charge on any atom is -0.454 e. The van der Waals surface area contributed by atoms with Gasteiger partial charge in [-0.2, -0.15) is 0 Å². The number of nitrogens with one attached hydrogen (secondary N) is 2. The van der Waals surface area contributed by atoms with E-state index in [1.807, 2.05) is 45.0 Å². The maximum absolute atomic E-state index is 12.5. The van der Waals surface area contributed by atoms with Gasteiger partial charge in [0.15, 0.2) is 5.75 Å². The number of carbonyl (C=O) groups excluding carboxylic acids is 1. The summed E-state index contributed by atoms with van der Waals surface area (Å²) in [7, 11) is 0. The van der Waals surface area contributed by atoms with Crippen LogP contribution in [-0.2, 0) is 4.84 Å². The van der Waals surface area contributed by atoms with Crippen molar-refractivity contribution in [3.63, 3.8) is 0 Å². The molecule has 1 amide bonds. The smallest absolute Gasteiger partial charge is 0.274 e. The van der Waals surface area contributed by atoms with E-state index in [0.717, 1.165) is 43.3 Å². The van der Waals surface area contributed by atoms with E-state index in [1.165, 1.54) is 0 Å². The maximum atomic E-state index is 12.5. The van der Waals surface area contributed by atoms with Crippen LogP contribution < -0.4 is 15.5 Å². The van der Waals surface area contributed by atoms with Crippen LogP contribution in [0.2, 0.25) is 0 Å². The van der Waals surface area contributed by atoms with Gasteiger partial charge in [-0.3, -0.25) is 9.63 Å². The fraction of sp³-hybridized carbons (Fsp3) is 0.364. The van der Waals surface area contributed by atoms with Crippen LogP contribution in [0.1, 0.15) is 36.7 Å². The molecule has 0 bridgehead atoms. The van der Waals surface area contributed by atoms with E-state index >= 15 is 0 Å². The predicted molar refractivity (Wildman–Crippen MR) is 112 cm³/mol. The van der Waals surface area contributed by atoms with Gasteiger partial charge in [-0.1, -0.05) is 12.1 Å². The van der Waals surface area contributed by atoms with E-state index in [-0.39, 0.29) is 5.91 Å². The van der Waals surface area contributed by atoms with E-state index in [2.05, 4.69) is 15.7 Å². The van der Waals surface area contributed by atoms with Gasteiger partial charge in [-0.25, -0.2) is 10.5 Å². The second-order valence-electron chi connectivity index (χ2n) is 8.10. The lowest BCUT2D eigenvalue weighted by molar-refractivity contribution is -0.0589. The Bertz CT molecular complexity index is 943. The Morgan fingerprint density at radius 3 is 2.66 bits per heavy atom. The number of benzene rings is 2. The van der Waals surface area contributed by atoms with Crippen molar-refractivity contribution in [1.82, 2.24) is 15.7 Å². The second-order valence-corrected chi connectivity index (χ2v) is 8.10. The Labute approximate surface area is 170 Å². The maximum Gasteiger partial charge on any atom is 0.274 e. The van der Waals surface area contributed by atoms with Crippen LogP contribution in [0.3, 0.4) is 0 Å². The third-order valence-electron chi connectivity index (χ3n) is 4.66. The highest BCUT2D eigenvalue weighted by atomic mass is 16.7. The number of hydrogen-bond donors (Lipinski definition) is 2. The number of para-hydroxylation sites is 1. The van der Waals surface area contributed by atoms with E-state index in [9.17, 15) is 4.79 Å². The van der Waals surface area contributed by atoms with Crippen LogP contribution in [0, 0.1) is 0 Å². The standard InChI is InChI=1S/C22H26N4O3/c1-22(2,3)29-25-21(27)15-8-9-19-17(14-15)24-20(26-12-10-23-11-13-26)16-6-4-5-7-18(16)28-19/h4-9,14,23H,10-13H2,1-3H3,(H,25,27). The van der Waals surface area contributed by atoms with Gasteiger partial charge in [-0.15, -0.1) is 0 Å². The molecule has 0 aromatic heterocycles. The molecule has 0 saturated carbocycles. The van der Waals surface area contributed by atoms with Crippen LogP contribution >= 0.6 is 0 Å². The van der Waals surface area contributed by atoms with Crippen LogP contribution in [0.15, 0.2) is 47.5 Å². The second kappa shape index (κ2) is 7.85. The van der Waals surface area contributed by atoms with Gasteiger partial charge >= 0.3 is 0 Å². The number of carbonyl (C=O) groups is 1. The molecule has 2 N–H and O–H groups in total. The first-order chi connectivity index (χ1) is 13.9. The van der Waals surface area contributed by atoms with Crippen LogP contribution in [0.4, 0.5) is 5.69 Å². The molecule has 0 radical (unpaired) electrons. The van der Waals surface area contributed by atoms with Gasteiger partial charge in [0.1, 0.15) is 17.3 Å². The zero-order chi connectivity index (χ0) is 20.4. The van der Waals surface area contributed by atoms with Crippen molar-refractivity contribution in [2.45, 2.75) is 26.4 Å². The van der Waals surface area contributed by atoms with Gasteiger partial charge in [0.05, 0.1) is 11.2 Å². The number of ether oxygens (including phenoxy) is 1. The number of amidine groups is 1. The van der Waals surface area contributed by atoms with Crippen molar-refractivity contribution in [1.29, 1.82) is 0 Å². The van der Waals surface area contributed by atoms with Crippen molar-refractivity contribution in [2.24, 2.45) is 4.99 Å². The number of amides is 1. The van der Waals surface area contributed by atoms with Crippen molar-refractivity contribution in [2.75, 3.05) is 26.2 Å². The zero-order valence-electron chi connectivity index (χ0n) is 17.0. The molecule has 0 unspecified atom stereocenters. The summed E-state index contributed by atoms with van der Waals surface area (Å²) < 4.78 is 6.15. The molecule has 2 aromatic rings. The third kappa shape index (κ3) is 4.41. The normalized spacial score (nSPS) is 16.1. The SMILES string of the molecule is CC(C)(C)ONC(=O)c1ccc2c(c1)N=C(N1CCNCC1)c1ccccc1O2. The molecule has 152 valence electrons. The highest BCUT2D eigenvalue weighted by Crippen LogP contribution is 2.38. The molecule has 0 atom stereocenters. The molecular formula is C22H26N4O3. The van der Waals surface area contributed by atoms with Gasteiger partial charge in [0, 0.05) is 31.7 Å². The monoisotopic (exact) mass is 394 g/mol. The number of hydroxylamine groups is 1. The highest BCUT2D eigenvalue weighted by molar-refractivity contribution is 6.04. The first kappa shape index (κ1) is 19.4. The molecule has 1 saturated heterocycles. The first-order valence-corrected chi connectivity index (χ1v) is 9.85. The van der Waals surface area contributed by atoms with Crippen molar-refractivity contribution < 1.29 is 14.4 Å². The van der Waals surface area contributed by atoms with Gasteiger partial charge in [-0.05, 0) is 51.1 Å². The van der Waals surface area contributed by atoms with Gasteiger partial charge in [0.25, 0.3) is 5.91 Å². The summed E-state index contributed by atoms with van der Waals surface area (Å²) in [6.45, 7) is 9.16. The molecule has 7 heteroatoms. The summed E-state index contributed by atoms with van der Waals surface area (Å²) in [5.41, 5.74) is 4.07. The Hall–Kier alpha value is -2.90. The third-order valence-corrected chi connectivity index (χ3v) is 4.66. The molecule has 1 fully saturated rings. The Morgan fingerprint density at radius 2 is 1.90 bits per heavy atom. The average Bonchev–Trinajstić information content (AvgIpc) is 2.88. The Morgan fingerprint density at radius 1 is 1.14 bits per heavy atom. The first-order valence-electron chi connectivity index (χ1n) is 9.85. The number of nitrogens with zero attached hydrogens (tertiary/aromatic N) is 2. The van der Waals surface area contributed by atoms with E-state index in [1.54, 1.807) is 18.2 Å². The minimum absolute atomic E-state index is 0.316. The quantitative estimate of drug-likeness (QED) is 0.765. The number of fused-ring (bicyclic) bond motifs is 2. The van der Waals surface area contributed by atoms with E-state index in [0.29, 0.717) is 17.0 Å². The molecular weight excluding hydrogens is 368 g/mol. The Kier molecular flexibility index (Phi) is 5.25. The summed E-state index contributed by atoms with van der Waals surface area (Å²) in [5, 5.41) is 3.37. The largest absolute Gasteiger partial charge is 0.454 e. The summed E-state index contributed by atoms with van der Waals surface area (Å²) in [6, 6.07) is 13.1. The highest BCUT2D eigenvalue weighted by Gasteiger charge is 2.24. The molecule has 7 nitrogen and oxygen atoms in total. The van der Waals surface area contributed by atoms with Crippen molar-refractivity contribution in [3.8, 4) is 11.5 Å². The molecule has 2 aliphatic heterocycles. The lowest BCUT2D eigenvalue weighted by Crippen LogP contribution is -2.46. The fourth-order valence-corrected chi connectivity index (χ4v) is 3.24. The lowest BCUT2D eigenvalue weighted by atomic mass is 10.1. The van der Waals surface area contributed by atoms with Crippen molar-refractivity contribution in [3.05, 3.63) is 53.6 Å². The topological polar surface area (TPSA) is 75.2 Å². The lowest BCUT2D eigenvalue weighted by Gasteiger charge is -2.30. The molecule has 2 heterocycles. The van der Waals surface area contributed by atoms with Gasteiger partial charge in [0.2, 0.25) is 0 Å². The number of rotatable bonds is 2. The summed E-state index contributed by atoms with van der Waals surface area (Å²) >= 11 is 0. The van der Waals surface area contributed by atoms with Crippen LogP contribution in [-0.4, -0.2) is 48.4 Å². The Balaban J connectivity index is 1.70. The molecule has 29 heavy (non-hydrogen) atoms. The van der Waals surface area contributed by atoms with Gasteiger partial charge < -0.3 is 15.0 Å². The number of hydrogen-bond acceptors (Lipinski definition) is 6. The molecule has 2 aromatic carbocycles. The predicted octanol–water partition coefficient (Wildman–Crippen LogP) is 3.24. The fourth-order valence-electron chi connectivity index (χ4n) is 3.24. The van der Waals surface area contributed by atoms with Crippen molar-refractivity contribution >= 4 is 17.4 Å². The van der Waals surface area contributed by atoms with Crippen LogP contribution in [0.25, 0.3) is 0 Å². The zero-order valence-corrected chi connectivity index (χ0v) is 17.0. The summed E-state index contributed by atoms with van der Waals surface area (Å²) in [6.07, 6.45) is 0. The summed E-state index contributed by atoms with van der Waals surface area (Å²) in [4.78, 5) is 25.1.